The molecule has 1 heterocycles. The molecule has 0 aliphatic rings. The fraction of sp³-hybridized carbons (Fsp3) is 0.583. The first-order valence-corrected chi connectivity index (χ1v) is 6.44. The van der Waals surface area contributed by atoms with Crippen LogP contribution < -0.4 is 5.32 Å². The fourth-order valence-electron chi connectivity index (χ4n) is 2.01. The van der Waals surface area contributed by atoms with E-state index in [0.29, 0.717) is 11.7 Å². The van der Waals surface area contributed by atoms with Crippen molar-refractivity contribution in [1.29, 1.82) is 0 Å². The van der Waals surface area contributed by atoms with Crippen LogP contribution in [0, 0.1) is 16.0 Å². The van der Waals surface area contributed by atoms with Crippen molar-refractivity contribution in [2.75, 3.05) is 5.32 Å². The third kappa shape index (κ3) is 3.84. The molecule has 0 fully saturated rings. The minimum atomic E-state index is -0.472. The lowest BCUT2D eigenvalue weighted by molar-refractivity contribution is -0.384. The summed E-state index contributed by atoms with van der Waals surface area (Å²) >= 11 is 5.77. The zero-order chi connectivity index (χ0) is 13.7. The van der Waals surface area contributed by atoms with Crippen LogP contribution in [0.15, 0.2) is 12.1 Å². The van der Waals surface area contributed by atoms with Crippen LogP contribution in [0.1, 0.15) is 33.6 Å². The number of hydrogen-bond donors (Lipinski definition) is 1. The van der Waals surface area contributed by atoms with Gasteiger partial charge < -0.3 is 5.32 Å². The van der Waals surface area contributed by atoms with E-state index in [1.807, 2.05) is 6.92 Å². The van der Waals surface area contributed by atoms with Crippen LogP contribution >= 0.6 is 11.6 Å². The van der Waals surface area contributed by atoms with Gasteiger partial charge in [0, 0.05) is 6.04 Å². The molecule has 0 spiro atoms. The highest BCUT2D eigenvalue weighted by atomic mass is 35.5. The number of pyridine rings is 1. The van der Waals surface area contributed by atoms with Crippen LogP contribution in [0.2, 0.25) is 5.15 Å². The number of nitrogens with one attached hydrogen (secondary N) is 1. The lowest BCUT2D eigenvalue weighted by Crippen LogP contribution is -2.25. The molecule has 0 radical (unpaired) electrons. The first-order valence-electron chi connectivity index (χ1n) is 6.06. The summed E-state index contributed by atoms with van der Waals surface area (Å²) in [5.41, 5.74) is -0.0470. The van der Waals surface area contributed by atoms with Crippen molar-refractivity contribution in [1.82, 2.24) is 4.98 Å². The highest BCUT2D eigenvalue weighted by Gasteiger charge is 2.16. The number of rotatable bonds is 6. The summed E-state index contributed by atoms with van der Waals surface area (Å²) in [5.74, 6) is 0.957. The van der Waals surface area contributed by atoms with Crippen molar-refractivity contribution in [3.8, 4) is 0 Å². The topological polar surface area (TPSA) is 68.1 Å². The minimum absolute atomic E-state index is 0.0470. The smallest absolute Gasteiger partial charge is 0.276 e. The molecule has 1 N–H and O–H groups in total. The summed E-state index contributed by atoms with van der Waals surface area (Å²) in [6, 6.07) is 2.85. The number of halogens is 1. The summed E-state index contributed by atoms with van der Waals surface area (Å²) in [4.78, 5) is 14.3. The third-order valence-corrected chi connectivity index (χ3v) is 3.31. The van der Waals surface area contributed by atoms with Crippen molar-refractivity contribution in [2.45, 2.75) is 39.7 Å². The zero-order valence-corrected chi connectivity index (χ0v) is 11.6. The molecule has 0 aliphatic carbocycles. The first-order chi connectivity index (χ1) is 8.47. The maximum atomic E-state index is 10.7. The van der Waals surface area contributed by atoms with Gasteiger partial charge in [0.2, 0.25) is 0 Å². The van der Waals surface area contributed by atoms with Crippen LogP contribution in [0.3, 0.4) is 0 Å². The van der Waals surface area contributed by atoms with Crippen LogP contribution in [-0.4, -0.2) is 15.9 Å². The van der Waals surface area contributed by atoms with Crippen molar-refractivity contribution < 1.29 is 4.92 Å². The Morgan fingerprint density at radius 3 is 2.56 bits per heavy atom. The summed E-state index contributed by atoms with van der Waals surface area (Å²) in [5, 5.41) is 14.0. The van der Waals surface area contributed by atoms with Crippen molar-refractivity contribution in [3.63, 3.8) is 0 Å². The van der Waals surface area contributed by atoms with Gasteiger partial charge in [0.05, 0.1) is 17.1 Å². The molecule has 6 heteroatoms. The molecule has 1 aromatic heterocycles. The summed E-state index contributed by atoms with van der Waals surface area (Å²) in [6.07, 6.45) is 2.10. The number of aromatic nitrogens is 1. The lowest BCUT2D eigenvalue weighted by Gasteiger charge is -2.22. The largest absolute Gasteiger partial charge is 0.367 e. The Labute approximate surface area is 112 Å². The molecule has 0 aliphatic heterocycles. The fourth-order valence-corrected chi connectivity index (χ4v) is 2.21. The molecule has 100 valence electrons. The highest BCUT2D eigenvalue weighted by molar-refractivity contribution is 6.29. The number of nitro groups is 1. The highest BCUT2D eigenvalue weighted by Crippen LogP contribution is 2.23. The standard InChI is InChI=1S/C12H18ClN3O2/c1-4-9(5-2)8(3)14-12-7-10(16(17)18)6-11(13)15-12/h6-9H,4-5H2,1-3H3,(H,14,15). The van der Waals surface area contributed by atoms with Gasteiger partial charge in [0.25, 0.3) is 5.69 Å². The maximum absolute atomic E-state index is 10.7. The molecule has 0 saturated carbocycles. The number of hydrogen-bond acceptors (Lipinski definition) is 4. The van der Waals surface area contributed by atoms with E-state index in [0.717, 1.165) is 12.8 Å². The van der Waals surface area contributed by atoms with Gasteiger partial charge >= 0.3 is 0 Å². The van der Waals surface area contributed by atoms with Crippen molar-refractivity contribution in [3.05, 3.63) is 27.4 Å². The molecule has 0 bridgehead atoms. The predicted octanol–water partition coefficient (Wildman–Crippen LogP) is 3.88. The average molecular weight is 272 g/mol. The maximum Gasteiger partial charge on any atom is 0.276 e. The Bertz CT molecular complexity index is 422. The molecule has 18 heavy (non-hydrogen) atoms. The van der Waals surface area contributed by atoms with Gasteiger partial charge in [-0.15, -0.1) is 0 Å². The Hall–Kier alpha value is -1.36. The second kappa shape index (κ2) is 6.54. The Kier molecular flexibility index (Phi) is 5.34. The third-order valence-electron chi connectivity index (χ3n) is 3.12. The average Bonchev–Trinajstić information content (AvgIpc) is 2.29. The molecule has 1 unspecified atom stereocenters. The van der Waals surface area contributed by atoms with E-state index in [-0.39, 0.29) is 16.9 Å². The van der Waals surface area contributed by atoms with E-state index in [1.165, 1.54) is 12.1 Å². The van der Waals surface area contributed by atoms with Gasteiger partial charge in [-0.05, 0) is 12.8 Å². The Balaban J connectivity index is 2.87. The molecule has 1 rings (SSSR count). The van der Waals surface area contributed by atoms with Crippen LogP contribution in [0.4, 0.5) is 11.5 Å². The molecular formula is C12H18ClN3O2. The molecule has 1 atom stereocenters. The van der Waals surface area contributed by atoms with E-state index >= 15 is 0 Å². The van der Waals surface area contributed by atoms with Crippen LogP contribution in [-0.2, 0) is 0 Å². The van der Waals surface area contributed by atoms with Crippen molar-refractivity contribution >= 4 is 23.1 Å². The van der Waals surface area contributed by atoms with Gasteiger partial charge in [-0.3, -0.25) is 10.1 Å². The van der Waals surface area contributed by atoms with Gasteiger partial charge in [0.1, 0.15) is 11.0 Å². The van der Waals surface area contributed by atoms with Gasteiger partial charge in [-0.25, -0.2) is 4.98 Å². The van der Waals surface area contributed by atoms with Gasteiger partial charge in [-0.1, -0.05) is 38.3 Å². The normalized spacial score (nSPS) is 12.5. The molecule has 0 saturated heterocycles. The van der Waals surface area contributed by atoms with E-state index in [2.05, 4.69) is 24.1 Å². The van der Waals surface area contributed by atoms with Crippen LogP contribution in [0.5, 0.6) is 0 Å². The van der Waals surface area contributed by atoms with Crippen molar-refractivity contribution in [2.24, 2.45) is 5.92 Å². The van der Waals surface area contributed by atoms with Crippen LogP contribution in [0.25, 0.3) is 0 Å². The first kappa shape index (κ1) is 14.7. The summed E-state index contributed by atoms with van der Waals surface area (Å²) in [7, 11) is 0. The molecule has 5 nitrogen and oxygen atoms in total. The minimum Gasteiger partial charge on any atom is -0.367 e. The zero-order valence-electron chi connectivity index (χ0n) is 10.8. The summed E-state index contributed by atoms with van der Waals surface area (Å²) < 4.78 is 0. The SMILES string of the molecule is CCC(CC)C(C)Nc1cc([N+](=O)[O-])cc(Cl)n1. The number of nitrogens with zero attached hydrogens (tertiary/aromatic N) is 2. The predicted molar refractivity (Wildman–Crippen MR) is 73.1 cm³/mol. The molecule has 1 aromatic rings. The van der Waals surface area contributed by atoms with Gasteiger partial charge in [-0.2, -0.15) is 0 Å². The molecule has 0 aromatic carbocycles. The lowest BCUT2D eigenvalue weighted by atomic mass is 9.95. The second-order valence-electron chi connectivity index (χ2n) is 4.30. The quantitative estimate of drug-likeness (QED) is 0.484. The van der Waals surface area contributed by atoms with E-state index in [4.69, 9.17) is 11.6 Å². The van der Waals surface area contributed by atoms with Gasteiger partial charge in [0.15, 0.2) is 0 Å². The Morgan fingerprint density at radius 2 is 2.06 bits per heavy atom. The molecule has 0 amide bonds. The van der Waals surface area contributed by atoms with E-state index in [9.17, 15) is 10.1 Å². The second-order valence-corrected chi connectivity index (χ2v) is 4.69. The number of anilines is 1. The van der Waals surface area contributed by atoms with E-state index < -0.39 is 4.92 Å². The van der Waals surface area contributed by atoms with E-state index in [1.54, 1.807) is 0 Å². The monoisotopic (exact) mass is 271 g/mol. The molecular weight excluding hydrogens is 254 g/mol. The summed E-state index contributed by atoms with van der Waals surface area (Å²) in [6.45, 7) is 6.30. The Morgan fingerprint density at radius 1 is 1.44 bits per heavy atom.